The van der Waals surface area contributed by atoms with Crippen molar-refractivity contribution in [2.45, 2.75) is 13.0 Å². The summed E-state index contributed by atoms with van der Waals surface area (Å²) >= 11 is 0. The van der Waals surface area contributed by atoms with E-state index >= 15 is 0 Å². The van der Waals surface area contributed by atoms with Crippen molar-refractivity contribution < 1.29 is 4.79 Å². The van der Waals surface area contributed by atoms with Gasteiger partial charge in [0.1, 0.15) is 0 Å². The molecule has 0 aliphatic rings. The summed E-state index contributed by atoms with van der Waals surface area (Å²) in [7, 11) is 0. The van der Waals surface area contributed by atoms with E-state index in [4.69, 9.17) is 0 Å². The van der Waals surface area contributed by atoms with Gasteiger partial charge in [-0.25, -0.2) is 9.89 Å². The van der Waals surface area contributed by atoms with Gasteiger partial charge in [0.25, 0.3) is 0 Å². The van der Waals surface area contributed by atoms with Gasteiger partial charge in [-0.3, -0.25) is 9.78 Å². The standard InChI is InChI=1S/C5H8N4O2/c1-3(6-2-10)4-7-5(11)9-8-4/h2-3H,1H3,(H,6,10)(H2,7,8,9,11). The second-order valence-corrected chi connectivity index (χ2v) is 2.07. The van der Waals surface area contributed by atoms with E-state index in [9.17, 15) is 9.59 Å². The van der Waals surface area contributed by atoms with Gasteiger partial charge >= 0.3 is 5.69 Å². The summed E-state index contributed by atoms with van der Waals surface area (Å²) in [6.45, 7) is 1.71. The molecule has 1 unspecified atom stereocenters. The molecule has 1 aromatic heterocycles. The third kappa shape index (κ3) is 1.66. The van der Waals surface area contributed by atoms with Crippen LogP contribution in [-0.4, -0.2) is 21.6 Å². The smallest absolute Gasteiger partial charge is 0.340 e. The topological polar surface area (TPSA) is 90.6 Å². The number of carbonyl (C=O) groups excluding carboxylic acids is 1. The van der Waals surface area contributed by atoms with Crippen molar-refractivity contribution in [3.8, 4) is 0 Å². The minimum absolute atomic E-state index is 0.272. The Balaban J connectivity index is 2.75. The second-order valence-electron chi connectivity index (χ2n) is 2.07. The molecule has 11 heavy (non-hydrogen) atoms. The van der Waals surface area contributed by atoms with Crippen LogP contribution in [0.3, 0.4) is 0 Å². The van der Waals surface area contributed by atoms with E-state index in [1.165, 1.54) is 0 Å². The predicted octanol–water partition coefficient (Wildman–Crippen LogP) is -1.10. The van der Waals surface area contributed by atoms with Crippen LogP contribution in [0.4, 0.5) is 0 Å². The number of aromatic nitrogens is 3. The molecule has 1 amide bonds. The number of carbonyl (C=O) groups is 1. The number of nitrogens with zero attached hydrogens (tertiary/aromatic N) is 1. The largest absolute Gasteiger partial charge is 0.349 e. The zero-order chi connectivity index (χ0) is 8.27. The van der Waals surface area contributed by atoms with Gasteiger partial charge in [0, 0.05) is 0 Å². The highest BCUT2D eigenvalue weighted by molar-refractivity contribution is 5.46. The minimum atomic E-state index is -0.375. The van der Waals surface area contributed by atoms with Crippen LogP contribution in [0.2, 0.25) is 0 Å². The van der Waals surface area contributed by atoms with Crippen LogP contribution in [-0.2, 0) is 4.79 Å². The third-order valence-corrected chi connectivity index (χ3v) is 1.25. The maximum absolute atomic E-state index is 10.5. The average Bonchev–Trinajstić information content (AvgIpc) is 2.36. The Hall–Kier alpha value is -1.59. The molecule has 3 N–H and O–H groups in total. The molecule has 6 nitrogen and oxygen atoms in total. The van der Waals surface area contributed by atoms with Gasteiger partial charge in [0.15, 0.2) is 5.82 Å². The van der Waals surface area contributed by atoms with E-state index in [1.54, 1.807) is 6.92 Å². The molecule has 0 aliphatic heterocycles. The first-order valence-corrected chi connectivity index (χ1v) is 3.08. The summed E-state index contributed by atoms with van der Waals surface area (Å²) in [5, 5.41) is 8.25. The van der Waals surface area contributed by atoms with Gasteiger partial charge < -0.3 is 5.32 Å². The van der Waals surface area contributed by atoms with Gasteiger partial charge in [-0.2, -0.15) is 5.10 Å². The van der Waals surface area contributed by atoms with Crippen molar-refractivity contribution >= 4 is 6.41 Å². The summed E-state index contributed by atoms with van der Waals surface area (Å²) < 4.78 is 0. The van der Waals surface area contributed by atoms with Gasteiger partial charge in [-0.15, -0.1) is 0 Å². The van der Waals surface area contributed by atoms with Crippen LogP contribution in [0.1, 0.15) is 18.8 Å². The Morgan fingerprint density at radius 2 is 2.45 bits per heavy atom. The summed E-state index contributed by atoms with van der Waals surface area (Å²) in [5.41, 5.74) is -0.375. The van der Waals surface area contributed by atoms with Crippen LogP contribution >= 0.6 is 0 Å². The summed E-state index contributed by atoms with van der Waals surface area (Å²) in [4.78, 5) is 22.9. The molecule has 0 radical (unpaired) electrons. The van der Waals surface area contributed by atoms with Crippen LogP contribution in [0, 0.1) is 0 Å². The Morgan fingerprint density at radius 1 is 1.73 bits per heavy atom. The number of nitrogens with one attached hydrogen (secondary N) is 3. The molecular weight excluding hydrogens is 148 g/mol. The Kier molecular flexibility index (Phi) is 2.05. The highest BCUT2D eigenvalue weighted by Gasteiger charge is 2.06. The van der Waals surface area contributed by atoms with Gasteiger partial charge in [0.05, 0.1) is 6.04 Å². The molecule has 6 heteroatoms. The van der Waals surface area contributed by atoms with Crippen LogP contribution in [0.15, 0.2) is 4.79 Å². The number of aromatic amines is 2. The van der Waals surface area contributed by atoms with Crippen LogP contribution in [0.5, 0.6) is 0 Å². The zero-order valence-corrected chi connectivity index (χ0v) is 5.92. The number of rotatable bonds is 3. The van der Waals surface area contributed by atoms with Gasteiger partial charge in [-0.05, 0) is 6.92 Å². The molecule has 0 spiro atoms. The van der Waals surface area contributed by atoms with Crippen LogP contribution < -0.4 is 11.0 Å². The lowest BCUT2D eigenvalue weighted by atomic mass is 10.3. The van der Waals surface area contributed by atoms with Gasteiger partial charge in [-0.1, -0.05) is 0 Å². The molecule has 0 bridgehead atoms. The molecule has 0 fully saturated rings. The number of hydrogen-bond donors (Lipinski definition) is 3. The average molecular weight is 156 g/mol. The quantitative estimate of drug-likeness (QED) is 0.485. The fraction of sp³-hybridized carbons (Fsp3) is 0.400. The SMILES string of the molecule is CC(NC=O)c1n[nH]c(=O)[nH]1. The molecule has 1 rings (SSSR count). The second kappa shape index (κ2) is 3.00. The Morgan fingerprint density at radius 3 is 2.91 bits per heavy atom. The van der Waals surface area contributed by atoms with Crippen molar-refractivity contribution in [2.24, 2.45) is 0 Å². The summed E-state index contributed by atoms with van der Waals surface area (Å²) in [6.07, 6.45) is 0.553. The Labute approximate surface area is 62.0 Å². The summed E-state index contributed by atoms with van der Waals surface area (Å²) in [5.74, 6) is 0.419. The third-order valence-electron chi connectivity index (χ3n) is 1.25. The molecule has 1 aromatic rings. The maximum Gasteiger partial charge on any atom is 0.340 e. The van der Waals surface area contributed by atoms with E-state index in [0.717, 1.165) is 0 Å². The molecular formula is C5H8N4O2. The van der Waals surface area contributed by atoms with Crippen molar-refractivity contribution in [2.75, 3.05) is 0 Å². The molecule has 1 heterocycles. The first kappa shape index (κ1) is 7.52. The van der Waals surface area contributed by atoms with E-state index in [1.807, 2.05) is 0 Å². The van der Waals surface area contributed by atoms with E-state index in [2.05, 4.69) is 20.5 Å². The Bertz CT molecular complexity index is 289. The highest BCUT2D eigenvalue weighted by atomic mass is 16.1. The summed E-state index contributed by atoms with van der Waals surface area (Å²) in [6, 6.07) is -0.272. The first-order valence-electron chi connectivity index (χ1n) is 3.08. The molecule has 0 saturated heterocycles. The lowest BCUT2D eigenvalue weighted by Gasteiger charge is -2.03. The molecule has 1 atom stereocenters. The molecule has 0 aliphatic carbocycles. The highest BCUT2D eigenvalue weighted by Crippen LogP contribution is 1.99. The normalized spacial score (nSPS) is 12.5. The number of amides is 1. The lowest BCUT2D eigenvalue weighted by Crippen LogP contribution is -2.17. The van der Waals surface area contributed by atoms with E-state index < -0.39 is 0 Å². The molecule has 0 aromatic carbocycles. The zero-order valence-electron chi connectivity index (χ0n) is 5.92. The van der Waals surface area contributed by atoms with Crippen molar-refractivity contribution in [3.63, 3.8) is 0 Å². The predicted molar refractivity (Wildman–Crippen MR) is 36.8 cm³/mol. The van der Waals surface area contributed by atoms with Crippen LogP contribution in [0.25, 0.3) is 0 Å². The fourth-order valence-corrected chi connectivity index (χ4v) is 0.669. The fourth-order valence-electron chi connectivity index (χ4n) is 0.669. The minimum Gasteiger partial charge on any atom is -0.349 e. The van der Waals surface area contributed by atoms with Gasteiger partial charge in [0.2, 0.25) is 6.41 Å². The van der Waals surface area contributed by atoms with Crippen molar-refractivity contribution in [3.05, 3.63) is 16.3 Å². The van der Waals surface area contributed by atoms with Crippen molar-refractivity contribution in [1.29, 1.82) is 0 Å². The van der Waals surface area contributed by atoms with E-state index in [-0.39, 0.29) is 11.7 Å². The number of H-pyrrole nitrogens is 2. The molecule has 0 saturated carbocycles. The first-order chi connectivity index (χ1) is 5.24. The maximum atomic E-state index is 10.5. The number of hydrogen-bond acceptors (Lipinski definition) is 3. The van der Waals surface area contributed by atoms with E-state index in [0.29, 0.717) is 12.2 Å². The lowest BCUT2D eigenvalue weighted by molar-refractivity contribution is -0.110. The monoisotopic (exact) mass is 156 g/mol. The molecule has 60 valence electrons. The van der Waals surface area contributed by atoms with Crippen molar-refractivity contribution in [1.82, 2.24) is 20.5 Å².